The Morgan fingerprint density at radius 2 is 1.54 bits per heavy atom. The number of ether oxygens (including phenoxy) is 1. The third kappa shape index (κ3) is 6.33. The summed E-state index contributed by atoms with van der Waals surface area (Å²) in [4.78, 5) is 39.5. The van der Waals surface area contributed by atoms with Crippen molar-refractivity contribution in [1.29, 1.82) is 0 Å². The van der Waals surface area contributed by atoms with Crippen LogP contribution in [-0.4, -0.2) is 76.2 Å². The predicted octanol–water partition coefficient (Wildman–Crippen LogP) is 1.30. The molecular formula is C19H27N3O6. The summed E-state index contributed by atoms with van der Waals surface area (Å²) in [7, 11) is 0. The first-order valence-corrected chi connectivity index (χ1v) is 9.12. The summed E-state index contributed by atoms with van der Waals surface area (Å²) in [6.45, 7) is 6.91. The van der Waals surface area contributed by atoms with Crippen molar-refractivity contribution in [2.45, 2.75) is 32.8 Å². The minimum Gasteiger partial charge on any atom is -0.508 e. The van der Waals surface area contributed by atoms with Gasteiger partial charge in [-0.1, -0.05) is 0 Å². The van der Waals surface area contributed by atoms with Crippen LogP contribution in [0.3, 0.4) is 0 Å². The third-order valence-corrected chi connectivity index (χ3v) is 4.08. The van der Waals surface area contributed by atoms with E-state index in [9.17, 15) is 24.6 Å². The fraction of sp³-hybridized carbons (Fsp3) is 0.526. The second kappa shape index (κ2) is 8.81. The minimum atomic E-state index is -0.594. The highest BCUT2D eigenvalue weighted by atomic mass is 16.6. The molecule has 2 rings (SSSR count). The molecule has 1 saturated heterocycles. The minimum absolute atomic E-state index is 0.113. The van der Waals surface area contributed by atoms with E-state index in [0.717, 1.165) is 6.07 Å². The van der Waals surface area contributed by atoms with E-state index in [1.54, 1.807) is 30.6 Å². The number of benzene rings is 1. The zero-order valence-corrected chi connectivity index (χ0v) is 16.4. The molecule has 0 aliphatic carbocycles. The molecule has 0 saturated carbocycles. The summed E-state index contributed by atoms with van der Waals surface area (Å²) in [5.41, 5.74) is -0.401. The molecule has 0 atom stereocenters. The molecule has 9 nitrogen and oxygen atoms in total. The zero-order chi connectivity index (χ0) is 20.9. The van der Waals surface area contributed by atoms with Gasteiger partial charge in [0, 0.05) is 50.8 Å². The number of amides is 3. The largest absolute Gasteiger partial charge is 0.508 e. The number of phenolic OH excluding ortho intramolecular Hbond substituents is 2. The molecule has 3 N–H and O–H groups in total. The number of nitrogens with zero attached hydrogens (tertiary/aromatic N) is 2. The van der Waals surface area contributed by atoms with E-state index in [1.807, 2.05) is 0 Å². The summed E-state index contributed by atoms with van der Waals surface area (Å²) < 4.78 is 5.11. The molecule has 0 unspecified atom stereocenters. The molecule has 1 aromatic carbocycles. The average Bonchev–Trinajstić information content (AvgIpc) is 2.58. The Hall–Kier alpha value is -2.97. The highest BCUT2D eigenvalue weighted by Crippen LogP contribution is 2.22. The van der Waals surface area contributed by atoms with Crippen LogP contribution in [0, 0.1) is 0 Å². The maximum Gasteiger partial charge on any atom is 0.407 e. The number of hydrogen-bond donors (Lipinski definition) is 3. The first-order valence-electron chi connectivity index (χ1n) is 9.12. The SMILES string of the molecule is CC(C)(C)OC(=O)NCCC(=O)N1CCN(C(=O)c2cc(O)cc(O)c2)CC1. The second-order valence-electron chi connectivity index (χ2n) is 7.59. The lowest BCUT2D eigenvalue weighted by molar-refractivity contribution is -0.132. The van der Waals surface area contributed by atoms with Gasteiger partial charge in [0.25, 0.3) is 5.91 Å². The Morgan fingerprint density at radius 3 is 2.07 bits per heavy atom. The number of piperazine rings is 1. The zero-order valence-electron chi connectivity index (χ0n) is 16.4. The van der Waals surface area contributed by atoms with Crippen molar-refractivity contribution in [3.05, 3.63) is 23.8 Å². The number of hydrogen-bond acceptors (Lipinski definition) is 6. The molecule has 3 amide bonds. The van der Waals surface area contributed by atoms with Crippen molar-refractivity contribution in [3.63, 3.8) is 0 Å². The number of alkyl carbamates (subject to hydrolysis) is 1. The first-order chi connectivity index (χ1) is 13.0. The lowest BCUT2D eigenvalue weighted by Gasteiger charge is -2.35. The van der Waals surface area contributed by atoms with Gasteiger partial charge in [-0.15, -0.1) is 0 Å². The highest BCUT2D eigenvalue weighted by molar-refractivity contribution is 5.95. The van der Waals surface area contributed by atoms with Crippen LogP contribution < -0.4 is 5.32 Å². The van der Waals surface area contributed by atoms with Gasteiger partial charge < -0.3 is 30.1 Å². The molecule has 28 heavy (non-hydrogen) atoms. The molecular weight excluding hydrogens is 366 g/mol. The van der Waals surface area contributed by atoms with Crippen LogP contribution in [0.25, 0.3) is 0 Å². The van der Waals surface area contributed by atoms with Gasteiger partial charge in [0.15, 0.2) is 0 Å². The van der Waals surface area contributed by atoms with E-state index in [0.29, 0.717) is 26.2 Å². The van der Waals surface area contributed by atoms with Crippen LogP contribution >= 0.6 is 0 Å². The molecule has 154 valence electrons. The Morgan fingerprint density at radius 1 is 1.00 bits per heavy atom. The van der Waals surface area contributed by atoms with Gasteiger partial charge >= 0.3 is 6.09 Å². The number of rotatable bonds is 4. The van der Waals surface area contributed by atoms with Crippen LogP contribution in [0.4, 0.5) is 4.79 Å². The molecule has 0 aromatic heterocycles. The summed E-state index contributed by atoms with van der Waals surface area (Å²) >= 11 is 0. The van der Waals surface area contributed by atoms with Crippen molar-refractivity contribution in [2.75, 3.05) is 32.7 Å². The summed E-state index contributed by atoms with van der Waals surface area (Å²) in [6, 6.07) is 3.74. The van der Waals surface area contributed by atoms with E-state index < -0.39 is 11.7 Å². The van der Waals surface area contributed by atoms with E-state index >= 15 is 0 Å². The smallest absolute Gasteiger partial charge is 0.407 e. The molecule has 0 bridgehead atoms. The number of carbonyl (C=O) groups excluding carboxylic acids is 3. The second-order valence-corrected chi connectivity index (χ2v) is 7.59. The fourth-order valence-electron chi connectivity index (χ4n) is 2.80. The van der Waals surface area contributed by atoms with Crippen LogP contribution in [-0.2, 0) is 9.53 Å². The topological polar surface area (TPSA) is 119 Å². The van der Waals surface area contributed by atoms with Gasteiger partial charge in [0.05, 0.1) is 0 Å². The van der Waals surface area contributed by atoms with Gasteiger partial charge in [-0.05, 0) is 32.9 Å². The predicted molar refractivity (Wildman–Crippen MR) is 101 cm³/mol. The molecule has 1 aromatic rings. The lowest BCUT2D eigenvalue weighted by Crippen LogP contribution is -2.51. The van der Waals surface area contributed by atoms with Crippen LogP contribution in [0.15, 0.2) is 18.2 Å². The Labute approximate surface area is 163 Å². The van der Waals surface area contributed by atoms with Gasteiger partial charge in [-0.25, -0.2) is 4.79 Å². The normalized spacial score (nSPS) is 14.5. The molecule has 9 heteroatoms. The third-order valence-electron chi connectivity index (χ3n) is 4.08. The van der Waals surface area contributed by atoms with E-state index in [4.69, 9.17) is 4.74 Å². The Kier molecular flexibility index (Phi) is 6.71. The maximum atomic E-state index is 12.5. The number of aromatic hydroxyl groups is 2. The molecule has 0 radical (unpaired) electrons. The average molecular weight is 393 g/mol. The van der Waals surface area contributed by atoms with Crippen LogP contribution in [0.1, 0.15) is 37.6 Å². The fourth-order valence-corrected chi connectivity index (χ4v) is 2.80. The summed E-state index contributed by atoms with van der Waals surface area (Å²) in [6.07, 6.45) is -0.418. The summed E-state index contributed by atoms with van der Waals surface area (Å²) in [5, 5.41) is 21.6. The Bertz CT molecular complexity index is 715. The van der Waals surface area contributed by atoms with E-state index in [-0.39, 0.29) is 41.8 Å². The molecule has 1 aliphatic heterocycles. The quantitative estimate of drug-likeness (QED) is 0.709. The summed E-state index contributed by atoms with van der Waals surface area (Å²) in [5.74, 6) is -0.799. The number of phenols is 2. The lowest BCUT2D eigenvalue weighted by atomic mass is 10.1. The van der Waals surface area contributed by atoms with Crippen LogP contribution in [0.2, 0.25) is 0 Å². The van der Waals surface area contributed by atoms with Crippen LogP contribution in [0.5, 0.6) is 11.5 Å². The molecule has 0 spiro atoms. The van der Waals surface area contributed by atoms with Gasteiger partial charge in [-0.2, -0.15) is 0 Å². The van der Waals surface area contributed by atoms with Crippen molar-refractivity contribution in [1.82, 2.24) is 15.1 Å². The highest BCUT2D eigenvalue weighted by Gasteiger charge is 2.25. The van der Waals surface area contributed by atoms with Crippen molar-refractivity contribution in [2.24, 2.45) is 0 Å². The molecule has 1 fully saturated rings. The Balaban J connectivity index is 1.77. The van der Waals surface area contributed by atoms with E-state index in [2.05, 4.69) is 5.32 Å². The van der Waals surface area contributed by atoms with Gasteiger partial charge in [0.1, 0.15) is 17.1 Å². The van der Waals surface area contributed by atoms with Crippen molar-refractivity contribution in [3.8, 4) is 11.5 Å². The molecule has 1 aliphatic rings. The maximum absolute atomic E-state index is 12.5. The van der Waals surface area contributed by atoms with E-state index in [1.165, 1.54) is 12.1 Å². The van der Waals surface area contributed by atoms with Crippen molar-refractivity contribution < 1.29 is 29.3 Å². The van der Waals surface area contributed by atoms with Crippen molar-refractivity contribution >= 4 is 17.9 Å². The number of nitrogens with one attached hydrogen (secondary N) is 1. The first kappa shape index (κ1) is 21.3. The monoisotopic (exact) mass is 393 g/mol. The number of carbonyl (C=O) groups is 3. The standard InChI is InChI=1S/C19H27N3O6/c1-19(2,3)28-18(27)20-5-4-16(25)21-6-8-22(9-7-21)17(26)13-10-14(23)12-15(24)11-13/h10-12,23-24H,4-9H2,1-3H3,(H,20,27). The van der Waals surface area contributed by atoms with Gasteiger partial charge in [-0.3, -0.25) is 9.59 Å². The van der Waals surface area contributed by atoms with Gasteiger partial charge in [0.2, 0.25) is 5.91 Å². The molecule has 1 heterocycles.